The van der Waals surface area contributed by atoms with Gasteiger partial charge in [0, 0.05) is 11.4 Å². The molecule has 1 aliphatic carbocycles. The first-order valence-corrected chi connectivity index (χ1v) is 9.40. The van der Waals surface area contributed by atoms with E-state index in [0.29, 0.717) is 17.7 Å². The van der Waals surface area contributed by atoms with E-state index in [4.69, 9.17) is 0 Å². The number of rotatable bonds is 7. The van der Waals surface area contributed by atoms with Crippen molar-refractivity contribution < 1.29 is 9.90 Å². The van der Waals surface area contributed by atoms with Crippen LogP contribution in [0.5, 0.6) is 0 Å². The van der Waals surface area contributed by atoms with Gasteiger partial charge in [0.1, 0.15) is 5.69 Å². The number of aliphatic hydroxyl groups is 1. The van der Waals surface area contributed by atoms with Crippen LogP contribution >= 0.6 is 0 Å². The highest BCUT2D eigenvalue weighted by atomic mass is 16.3. The first kappa shape index (κ1) is 18.6. The Balaban J connectivity index is 1.98. The zero-order valence-corrected chi connectivity index (χ0v) is 15.7. The third-order valence-corrected chi connectivity index (χ3v) is 4.95. The molecule has 1 heterocycles. The third kappa shape index (κ3) is 3.80. The number of aliphatic hydroxyl groups excluding tert-OH is 1. The highest BCUT2D eigenvalue weighted by Crippen LogP contribution is 2.40. The zero-order valence-electron chi connectivity index (χ0n) is 15.7. The third-order valence-electron chi connectivity index (χ3n) is 4.95. The maximum atomic E-state index is 12.9. The molecule has 2 aromatic rings. The summed E-state index contributed by atoms with van der Waals surface area (Å²) in [5.74, 6) is 0.310. The Hall–Kier alpha value is -2.21. The van der Waals surface area contributed by atoms with Crippen LogP contribution in [0.15, 0.2) is 23.0 Å². The van der Waals surface area contributed by atoms with Crippen molar-refractivity contribution in [3.05, 3.63) is 39.7 Å². The summed E-state index contributed by atoms with van der Waals surface area (Å²) < 4.78 is 1.84. The summed E-state index contributed by atoms with van der Waals surface area (Å²) in [5.41, 5.74) is 2.15. The van der Waals surface area contributed by atoms with Crippen LogP contribution < -0.4 is 10.7 Å². The second kappa shape index (κ2) is 7.58. The molecule has 1 aromatic carbocycles. The SMILES string of the molecule is CCC(CO)NC(=O)Cc1nn(C(C)C)c2cc(C3CC3)ccc2c1=O. The van der Waals surface area contributed by atoms with Crippen LogP contribution in [0.3, 0.4) is 0 Å². The lowest BCUT2D eigenvalue weighted by molar-refractivity contribution is -0.121. The molecule has 0 spiro atoms. The standard InChI is InChI=1S/C20H27N3O3/c1-4-15(11-24)21-19(25)10-17-20(26)16-8-7-14(13-5-6-13)9-18(16)23(22-17)12(2)3/h7-9,12-13,15,24H,4-6,10-11H2,1-3H3,(H,21,25). The molecule has 0 saturated heterocycles. The minimum atomic E-state index is -0.295. The van der Waals surface area contributed by atoms with E-state index >= 15 is 0 Å². The van der Waals surface area contributed by atoms with E-state index in [2.05, 4.69) is 16.5 Å². The second-order valence-electron chi connectivity index (χ2n) is 7.40. The minimum Gasteiger partial charge on any atom is -0.394 e. The summed E-state index contributed by atoms with van der Waals surface area (Å²) in [6, 6.07) is 5.75. The Morgan fingerprint density at radius 1 is 1.38 bits per heavy atom. The maximum Gasteiger partial charge on any atom is 0.226 e. The minimum absolute atomic E-state index is 0.0789. The van der Waals surface area contributed by atoms with Crippen molar-refractivity contribution in [2.24, 2.45) is 0 Å². The molecule has 0 bridgehead atoms. The molecule has 140 valence electrons. The summed E-state index contributed by atoms with van der Waals surface area (Å²) in [4.78, 5) is 25.1. The van der Waals surface area contributed by atoms with Crippen LogP contribution in [0.4, 0.5) is 0 Å². The molecular formula is C20H27N3O3. The first-order valence-electron chi connectivity index (χ1n) is 9.40. The van der Waals surface area contributed by atoms with E-state index in [1.165, 1.54) is 18.4 Å². The number of nitrogens with zero attached hydrogens (tertiary/aromatic N) is 2. The fourth-order valence-corrected chi connectivity index (χ4v) is 3.20. The fraction of sp³-hybridized carbons (Fsp3) is 0.550. The van der Waals surface area contributed by atoms with Crippen molar-refractivity contribution in [2.75, 3.05) is 6.61 Å². The largest absolute Gasteiger partial charge is 0.394 e. The van der Waals surface area contributed by atoms with E-state index < -0.39 is 0 Å². The molecule has 6 heteroatoms. The average molecular weight is 357 g/mol. The summed E-state index contributed by atoms with van der Waals surface area (Å²) >= 11 is 0. The van der Waals surface area contributed by atoms with Gasteiger partial charge in [0.25, 0.3) is 0 Å². The molecule has 1 fully saturated rings. The highest BCUT2D eigenvalue weighted by molar-refractivity contribution is 5.82. The van der Waals surface area contributed by atoms with Gasteiger partial charge in [-0.2, -0.15) is 5.10 Å². The quantitative estimate of drug-likeness (QED) is 0.796. The van der Waals surface area contributed by atoms with Gasteiger partial charge in [-0.25, -0.2) is 0 Å². The summed E-state index contributed by atoms with van der Waals surface area (Å²) in [7, 11) is 0. The molecule has 1 aliphatic rings. The lowest BCUT2D eigenvalue weighted by atomic mass is 10.1. The molecule has 3 rings (SSSR count). The lowest BCUT2D eigenvalue weighted by Crippen LogP contribution is -2.39. The van der Waals surface area contributed by atoms with Gasteiger partial charge in [0.2, 0.25) is 11.3 Å². The van der Waals surface area contributed by atoms with Crippen molar-refractivity contribution in [3.63, 3.8) is 0 Å². The Kier molecular flexibility index (Phi) is 5.41. The summed E-state index contributed by atoms with van der Waals surface area (Å²) in [6.45, 7) is 5.80. The first-order chi connectivity index (χ1) is 12.4. The monoisotopic (exact) mass is 357 g/mol. The van der Waals surface area contributed by atoms with E-state index in [9.17, 15) is 14.7 Å². The van der Waals surface area contributed by atoms with E-state index in [1.54, 1.807) is 0 Å². The van der Waals surface area contributed by atoms with Crippen LogP contribution in [-0.4, -0.2) is 33.4 Å². The van der Waals surface area contributed by atoms with E-state index in [-0.39, 0.29) is 42.1 Å². The van der Waals surface area contributed by atoms with Gasteiger partial charge in [-0.05, 0) is 56.7 Å². The molecule has 1 saturated carbocycles. The molecule has 0 aliphatic heterocycles. The van der Waals surface area contributed by atoms with Crippen molar-refractivity contribution in [3.8, 4) is 0 Å². The number of carbonyl (C=O) groups is 1. The second-order valence-corrected chi connectivity index (χ2v) is 7.40. The Bertz CT molecular complexity index is 864. The molecular weight excluding hydrogens is 330 g/mol. The highest BCUT2D eigenvalue weighted by Gasteiger charge is 2.25. The fourth-order valence-electron chi connectivity index (χ4n) is 3.20. The number of hydrogen-bond acceptors (Lipinski definition) is 4. The molecule has 1 unspecified atom stereocenters. The number of hydrogen-bond donors (Lipinski definition) is 2. The van der Waals surface area contributed by atoms with Gasteiger partial charge < -0.3 is 10.4 Å². The van der Waals surface area contributed by atoms with Gasteiger partial charge in [-0.15, -0.1) is 0 Å². The number of aromatic nitrogens is 2. The molecule has 26 heavy (non-hydrogen) atoms. The van der Waals surface area contributed by atoms with Gasteiger partial charge in [0.05, 0.1) is 24.6 Å². The topological polar surface area (TPSA) is 84.2 Å². The Labute approximate surface area is 153 Å². The van der Waals surface area contributed by atoms with Crippen molar-refractivity contribution in [2.45, 2.75) is 64.5 Å². The van der Waals surface area contributed by atoms with E-state index in [1.807, 2.05) is 37.6 Å². The van der Waals surface area contributed by atoms with Gasteiger partial charge >= 0.3 is 0 Å². The smallest absolute Gasteiger partial charge is 0.226 e. The van der Waals surface area contributed by atoms with Crippen LogP contribution in [-0.2, 0) is 11.2 Å². The van der Waals surface area contributed by atoms with Crippen LogP contribution in [0, 0.1) is 0 Å². The predicted octanol–water partition coefficient (Wildman–Crippen LogP) is 2.28. The average Bonchev–Trinajstić information content (AvgIpc) is 3.46. The lowest BCUT2D eigenvalue weighted by Gasteiger charge is -2.17. The van der Waals surface area contributed by atoms with Crippen molar-refractivity contribution in [1.82, 2.24) is 15.1 Å². The number of fused-ring (bicyclic) bond motifs is 1. The van der Waals surface area contributed by atoms with Crippen molar-refractivity contribution >= 4 is 16.8 Å². The van der Waals surface area contributed by atoms with Gasteiger partial charge in [-0.3, -0.25) is 14.3 Å². The number of nitrogens with one attached hydrogen (secondary N) is 1. The number of amides is 1. The molecule has 1 aromatic heterocycles. The summed E-state index contributed by atoms with van der Waals surface area (Å²) in [6.07, 6.45) is 2.95. The molecule has 2 N–H and O–H groups in total. The van der Waals surface area contributed by atoms with Crippen LogP contribution in [0.2, 0.25) is 0 Å². The normalized spacial score (nSPS) is 15.4. The number of benzene rings is 1. The molecule has 1 atom stereocenters. The molecule has 1 amide bonds. The Morgan fingerprint density at radius 3 is 2.69 bits per heavy atom. The van der Waals surface area contributed by atoms with Crippen molar-refractivity contribution in [1.29, 1.82) is 0 Å². The van der Waals surface area contributed by atoms with Crippen LogP contribution in [0.1, 0.15) is 63.3 Å². The number of carbonyl (C=O) groups excluding carboxylic acids is 1. The van der Waals surface area contributed by atoms with Gasteiger partial charge in [0.15, 0.2) is 0 Å². The van der Waals surface area contributed by atoms with E-state index in [0.717, 1.165) is 5.52 Å². The summed E-state index contributed by atoms with van der Waals surface area (Å²) in [5, 5.41) is 17.1. The molecule has 6 nitrogen and oxygen atoms in total. The predicted molar refractivity (Wildman–Crippen MR) is 101 cm³/mol. The zero-order chi connectivity index (χ0) is 18.8. The van der Waals surface area contributed by atoms with Gasteiger partial charge in [-0.1, -0.05) is 13.0 Å². The Morgan fingerprint density at radius 2 is 2.12 bits per heavy atom. The molecule has 0 radical (unpaired) electrons. The van der Waals surface area contributed by atoms with Crippen LogP contribution in [0.25, 0.3) is 10.9 Å². The maximum absolute atomic E-state index is 12.9.